The minimum absolute atomic E-state index is 0.426. The van der Waals surface area contributed by atoms with Gasteiger partial charge in [-0.3, -0.25) is 0 Å². The maximum atomic E-state index is 5.80. The highest BCUT2D eigenvalue weighted by Gasteiger charge is 2.01. The molecule has 0 aliphatic heterocycles. The van der Waals surface area contributed by atoms with E-state index in [2.05, 4.69) is 4.98 Å². The van der Waals surface area contributed by atoms with Crippen LogP contribution in [0.5, 0.6) is 0 Å². The van der Waals surface area contributed by atoms with Crippen molar-refractivity contribution in [1.29, 1.82) is 0 Å². The van der Waals surface area contributed by atoms with E-state index < -0.39 is 0 Å². The number of rotatable bonds is 2. The van der Waals surface area contributed by atoms with Gasteiger partial charge in [-0.15, -0.1) is 0 Å². The van der Waals surface area contributed by atoms with E-state index in [1.165, 1.54) is 0 Å². The molecule has 0 aliphatic carbocycles. The average Bonchev–Trinajstić information content (AvgIpc) is 2.67. The Balaban J connectivity index is 2.44. The third-order valence-corrected chi connectivity index (χ3v) is 2.26. The Morgan fingerprint density at radius 2 is 2.00 bits per heavy atom. The van der Waals surface area contributed by atoms with Gasteiger partial charge in [0.2, 0.25) is 0 Å². The molecule has 72 valence electrons. The summed E-state index contributed by atoms with van der Waals surface area (Å²) in [5.74, 6) is 0.840. The molecule has 0 saturated carbocycles. The fourth-order valence-electron chi connectivity index (χ4n) is 1.32. The van der Waals surface area contributed by atoms with Crippen molar-refractivity contribution in [1.82, 2.24) is 9.55 Å². The molecule has 1 heterocycles. The van der Waals surface area contributed by atoms with Crippen LogP contribution < -0.4 is 5.73 Å². The highest BCUT2D eigenvalue weighted by Crippen LogP contribution is 2.14. The number of hydrogen-bond acceptors (Lipinski definition) is 2. The Hall–Kier alpha value is -1.32. The van der Waals surface area contributed by atoms with Crippen molar-refractivity contribution in [2.75, 3.05) is 0 Å². The lowest BCUT2D eigenvalue weighted by Crippen LogP contribution is -2.05. The zero-order chi connectivity index (χ0) is 9.97. The monoisotopic (exact) mass is 207 g/mol. The second kappa shape index (κ2) is 3.82. The Morgan fingerprint density at radius 1 is 1.29 bits per heavy atom. The van der Waals surface area contributed by atoms with Gasteiger partial charge in [-0.1, -0.05) is 11.6 Å². The minimum Gasteiger partial charge on any atom is -0.324 e. The van der Waals surface area contributed by atoms with Crippen LogP contribution in [-0.2, 0) is 6.54 Å². The van der Waals surface area contributed by atoms with Crippen molar-refractivity contribution >= 4 is 11.6 Å². The molecule has 1 aromatic heterocycles. The van der Waals surface area contributed by atoms with Crippen molar-refractivity contribution in [2.45, 2.75) is 6.54 Å². The zero-order valence-electron chi connectivity index (χ0n) is 7.52. The zero-order valence-corrected chi connectivity index (χ0v) is 8.28. The summed E-state index contributed by atoms with van der Waals surface area (Å²) in [5, 5.41) is 0.725. The van der Waals surface area contributed by atoms with Crippen LogP contribution in [0.1, 0.15) is 5.82 Å². The van der Waals surface area contributed by atoms with Crippen LogP contribution in [0.4, 0.5) is 0 Å². The molecule has 0 amide bonds. The third-order valence-electron chi connectivity index (χ3n) is 2.00. The van der Waals surface area contributed by atoms with Crippen molar-refractivity contribution in [3.8, 4) is 5.69 Å². The fourth-order valence-corrected chi connectivity index (χ4v) is 1.45. The molecule has 0 aliphatic rings. The topological polar surface area (TPSA) is 43.8 Å². The molecule has 0 bridgehead atoms. The molecule has 14 heavy (non-hydrogen) atoms. The maximum Gasteiger partial charge on any atom is 0.126 e. The Morgan fingerprint density at radius 3 is 2.64 bits per heavy atom. The number of nitrogens with zero attached hydrogens (tertiary/aromatic N) is 2. The first-order valence-electron chi connectivity index (χ1n) is 4.29. The normalized spacial score (nSPS) is 10.4. The molecule has 0 atom stereocenters. The lowest BCUT2D eigenvalue weighted by atomic mass is 10.3. The van der Waals surface area contributed by atoms with Crippen LogP contribution in [-0.4, -0.2) is 9.55 Å². The van der Waals surface area contributed by atoms with Gasteiger partial charge in [0.1, 0.15) is 5.82 Å². The van der Waals surface area contributed by atoms with E-state index in [9.17, 15) is 0 Å². The standard InChI is InChI=1S/C10H10ClN3/c11-8-1-3-9(4-2-8)14-6-5-13-10(14)7-12/h1-6H,7,12H2. The third kappa shape index (κ3) is 1.64. The molecule has 0 radical (unpaired) electrons. The summed E-state index contributed by atoms with van der Waals surface area (Å²) >= 11 is 5.80. The van der Waals surface area contributed by atoms with Crippen LogP contribution in [0.25, 0.3) is 5.69 Å². The van der Waals surface area contributed by atoms with Crippen LogP contribution in [0.3, 0.4) is 0 Å². The lowest BCUT2D eigenvalue weighted by Gasteiger charge is -2.05. The van der Waals surface area contributed by atoms with Gasteiger partial charge < -0.3 is 10.3 Å². The summed E-state index contributed by atoms with van der Waals surface area (Å²) in [6, 6.07) is 7.56. The first-order chi connectivity index (χ1) is 6.81. The maximum absolute atomic E-state index is 5.80. The van der Waals surface area contributed by atoms with Crippen LogP contribution in [0.2, 0.25) is 5.02 Å². The van der Waals surface area contributed by atoms with Gasteiger partial charge in [0.15, 0.2) is 0 Å². The molecule has 1 aromatic carbocycles. The number of hydrogen-bond donors (Lipinski definition) is 1. The summed E-state index contributed by atoms with van der Waals surface area (Å²) in [5.41, 5.74) is 6.57. The molecule has 0 spiro atoms. The van der Waals surface area contributed by atoms with Crippen molar-refractivity contribution in [2.24, 2.45) is 5.73 Å². The van der Waals surface area contributed by atoms with Crippen LogP contribution in [0, 0.1) is 0 Å². The van der Waals surface area contributed by atoms with Crippen molar-refractivity contribution in [3.05, 3.63) is 47.5 Å². The second-order valence-corrected chi connectivity index (χ2v) is 3.33. The van der Waals surface area contributed by atoms with Crippen LogP contribution in [0.15, 0.2) is 36.7 Å². The molecular weight excluding hydrogens is 198 g/mol. The minimum atomic E-state index is 0.426. The number of benzene rings is 1. The Kier molecular flexibility index (Phi) is 2.52. The average molecular weight is 208 g/mol. The van der Waals surface area contributed by atoms with Crippen molar-refractivity contribution < 1.29 is 0 Å². The highest BCUT2D eigenvalue weighted by atomic mass is 35.5. The molecular formula is C10H10ClN3. The summed E-state index contributed by atoms with van der Waals surface area (Å²) in [4.78, 5) is 4.14. The number of nitrogens with two attached hydrogens (primary N) is 1. The quantitative estimate of drug-likeness (QED) is 0.819. The van der Waals surface area contributed by atoms with E-state index in [0.717, 1.165) is 16.5 Å². The first kappa shape index (κ1) is 9.24. The predicted octanol–water partition coefficient (Wildman–Crippen LogP) is 1.98. The number of aromatic nitrogens is 2. The largest absolute Gasteiger partial charge is 0.324 e. The molecule has 2 aromatic rings. The SMILES string of the molecule is NCc1nccn1-c1ccc(Cl)cc1. The summed E-state index contributed by atoms with van der Waals surface area (Å²) in [6.45, 7) is 0.426. The van der Waals surface area contributed by atoms with E-state index >= 15 is 0 Å². The van der Waals surface area contributed by atoms with Gasteiger partial charge >= 0.3 is 0 Å². The van der Waals surface area contributed by atoms with Gasteiger partial charge in [-0.2, -0.15) is 0 Å². The van der Waals surface area contributed by atoms with Gasteiger partial charge in [0, 0.05) is 23.1 Å². The summed E-state index contributed by atoms with van der Waals surface area (Å²) in [7, 11) is 0. The molecule has 0 saturated heterocycles. The molecule has 0 unspecified atom stereocenters. The van der Waals surface area contributed by atoms with E-state index in [1.54, 1.807) is 6.20 Å². The number of imidazole rings is 1. The molecule has 0 fully saturated rings. The Labute approximate surface area is 87.1 Å². The summed E-state index contributed by atoms with van der Waals surface area (Å²) < 4.78 is 1.94. The molecule has 4 heteroatoms. The second-order valence-electron chi connectivity index (χ2n) is 2.89. The first-order valence-corrected chi connectivity index (χ1v) is 4.67. The van der Waals surface area contributed by atoms with E-state index in [1.807, 2.05) is 35.0 Å². The highest BCUT2D eigenvalue weighted by molar-refractivity contribution is 6.30. The van der Waals surface area contributed by atoms with E-state index in [0.29, 0.717) is 6.54 Å². The summed E-state index contributed by atoms with van der Waals surface area (Å²) in [6.07, 6.45) is 3.61. The van der Waals surface area contributed by atoms with Crippen molar-refractivity contribution in [3.63, 3.8) is 0 Å². The van der Waals surface area contributed by atoms with Gasteiger partial charge in [0.05, 0.1) is 6.54 Å². The van der Waals surface area contributed by atoms with E-state index in [4.69, 9.17) is 17.3 Å². The van der Waals surface area contributed by atoms with Gasteiger partial charge in [-0.25, -0.2) is 4.98 Å². The lowest BCUT2D eigenvalue weighted by molar-refractivity contribution is 0.868. The van der Waals surface area contributed by atoms with Gasteiger partial charge in [-0.05, 0) is 24.3 Å². The molecule has 2 rings (SSSR count). The fraction of sp³-hybridized carbons (Fsp3) is 0.100. The van der Waals surface area contributed by atoms with Crippen LogP contribution >= 0.6 is 11.6 Å². The Bertz CT molecular complexity index is 419. The smallest absolute Gasteiger partial charge is 0.126 e. The van der Waals surface area contributed by atoms with E-state index in [-0.39, 0.29) is 0 Å². The molecule has 3 nitrogen and oxygen atoms in total. The van der Waals surface area contributed by atoms with Gasteiger partial charge in [0.25, 0.3) is 0 Å². The number of halogens is 1. The molecule has 2 N–H and O–H groups in total. The predicted molar refractivity (Wildman–Crippen MR) is 56.5 cm³/mol.